The van der Waals surface area contributed by atoms with Crippen molar-refractivity contribution in [1.82, 2.24) is 9.97 Å². The molecule has 1 N–H and O–H groups in total. The molecule has 0 aliphatic heterocycles. The fourth-order valence-electron chi connectivity index (χ4n) is 0.710. The predicted octanol–water partition coefficient (Wildman–Crippen LogP) is 0.695. The number of rotatable bonds is 3. The summed E-state index contributed by atoms with van der Waals surface area (Å²) in [5, 5.41) is 2.43. The van der Waals surface area contributed by atoms with Gasteiger partial charge in [0.25, 0.3) is 0 Å². The second kappa shape index (κ2) is 5.33. The fourth-order valence-corrected chi connectivity index (χ4v) is 1.12. The summed E-state index contributed by atoms with van der Waals surface area (Å²) in [6.45, 7) is 1.42. The largest absolute Gasteiger partial charge is 0.309 e. The van der Waals surface area contributed by atoms with Gasteiger partial charge in [-0.1, -0.05) is 11.8 Å². The molecule has 14 heavy (non-hydrogen) atoms. The van der Waals surface area contributed by atoms with Gasteiger partial charge >= 0.3 is 0 Å². The average molecular weight is 211 g/mol. The third kappa shape index (κ3) is 3.99. The maximum absolute atomic E-state index is 11.2. The number of nitrogens with zero attached hydrogens (tertiary/aromatic N) is 2. The lowest BCUT2D eigenvalue weighted by atomic mass is 10.6. The third-order valence-corrected chi connectivity index (χ3v) is 2.05. The quantitative estimate of drug-likeness (QED) is 0.796. The van der Waals surface area contributed by atoms with Crippen molar-refractivity contribution >= 4 is 28.6 Å². The Labute approximate surface area is 85.3 Å². The number of thioether (sulfide) groups is 1. The van der Waals surface area contributed by atoms with Crippen molar-refractivity contribution in [2.75, 3.05) is 11.1 Å². The average Bonchev–Trinajstić information content (AvgIpc) is 2.16. The molecule has 0 aliphatic carbocycles. The van der Waals surface area contributed by atoms with Crippen molar-refractivity contribution in [3.8, 4) is 0 Å². The topological polar surface area (TPSA) is 72.0 Å². The van der Waals surface area contributed by atoms with Gasteiger partial charge in [0.2, 0.25) is 5.91 Å². The van der Waals surface area contributed by atoms with Crippen molar-refractivity contribution < 1.29 is 9.59 Å². The van der Waals surface area contributed by atoms with Crippen LogP contribution in [0.15, 0.2) is 18.6 Å². The van der Waals surface area contributed by atoms with E-state index in [1.165, 1.54) is 25.5 Å². The molecule has 1 heterocycles. The van der Waals surface area contributed by atoms with E-state index in [0.717, 1.165) is 11.8 Å². The first-order valence-corrected chi connectivity index (χ1v) is 4.86. The van der Waals surface area contributed by atoms with Gasteiger partial charge in [-0.05, 0) is 0 Å². The van der Waals surface area contributed by atoms with Crippen LogP contribution in [-0.2, 0) is 9.59 Å². The molecule has 0 unspecified atom stereocenters. The molecule has 0 radical (unpaired) electrons. The molecular weight excluding hydrogens is 202 g/mol. The molecule has 1 rings (SSSR count). The van der Waals surface area contributed by atoms with E-state index in [1.807, 2.05) is 0 Å². The molecule has 6 heteroatoms. The molecule has 0 spiro atoms. The van der Waals surface area contributed by atoms with Crippen molar-refractivity contribution in [3.63, 3.8) is 0 Å². The molecule has 0 saturated heterocycles. The van der Waals surface area contributed by atoms with Crippen LogP contribution in [0.3, 0.4) is 0 Å². The van der Waals surface area contributed by atoms with Crippen LogP contribution >= 0.6 is 11.8 Å². The molecule has 74 valence electrons. The van der Waals surface area contributed by atoms with Crippen molar-refractivity contribution in [1.29, 1.82) is 0 Å². The third-order valence-electron chi connectivity index (χ3n) is 1.24. The van der Waals surface area contributed by atoms with Crippen molar-refractivity contribution in [3.05, 3.63) is 18.6 Å². The smallest absolute Gasteiger partial charge is 0.236 e. The first-order chi connectivity index (χ1) is 6.68. The summed E-state index contributed by atoms with van der Waals surface area (Å²) < 4.78 is 0. The van der Waals surface area contributed by atoms with Crippen LogP contribution in [-0.4, -0.2) is 26.7 Å². The van der Waals surface area contributed by atoms with E-state index >= 15 is 0 Å². The van der Waals surface area contributed by atoms with Gasteiger partial charge in [0.15, 0.2) is 10.9 Å². The highest BCUT2D eigenvalue weighted by Crippen LogP contribution is 2.03. The zero-order valence-corrected chi connectivity index (χ0v) is 8.37. The van der Waals surface area contributed by atoms with E-state index in [2.05, 4.69) is 15.3 Å². The number of amides is 1. The predicted molar refractivity (Wildman–Crippen MR) is 53.8 cm³/mol. The SMILES string of the molecule is CC(=O)SCC(=O)Nc1cnccn1. The molecule has 0 bridgehead atoms. The van der Waals surface area contributed by atoms with Gasteiger partial charge in [-0.25, -0.2) is 4.98 Å². The molecule has 0 saturated carbocycles. The second-order valence-electron chi connectivity index (χ2n) is 2.42. The highest BCUT2D eigenvalue weighted by atomic mass is 32.2. The summed E-state index contributed by atoms with van der Waals surface area (Å²) in [6.07, 6.45) is 4.43. The number of aromatic nitrogens is 2. The molecule has 1 amide bonds. The summed E-state index contributed by atoms with van der Waals surface area (Å²) in [6, 6.07) is 0. The number of carbonyl (C=O) groups is 2. The minimum absolute atomic E-state index is 0.0840. The van der Waals surface area contributed by atoms with Gasteiger partial charge < -0.3 is 5.32 Å². The van der Waals surface area contributed by atoms with Gasteiger partial charge in [0, 0.05) is 19.3 Å². The van der Waals surface area contributed by atoms with Gasteiger partial charge in [0.05, 0.1) is 11.9 Å². The van der Waals surface area contributed by atoms with Gasteiger partial charge in [-0.15, -0.1) is 0 Å². The van der Waals surface area contributed by atoms with Crippen LogP contribution in [0.2, 0.25) is 0 Å². The molecule has 1 aromatic rings. The standard InChI is InChI=1S/C8H9N3O2S/c1-6(12)14-5-8(13)11-7-4-9-2-3-10-7/h2-4H,5H2,1H3,(H,10,11,13). The summed E-state index contributed by atoms with van der Waals surface area (Å²) >= 11 is 0.959. The van der Waals surface area contributed by atoms with E-state index in [0.29, 0.717) is 5.82 Å². The lowest BCUT2D eigenvalue weighted by Gasteiger charge is -2.01. The van der Waals surface area contributed by atoms with Crippen LogP contribution in [0.25, 0.3) is 0 Å². The van der Waals surface area contributed by atoms with Gasteiger partial charge in [-0.2, -0.15) is 0 Å². The molecule has 1 aromatic heterocycles. The summed E-state index contributed by atoms with van der Waals surface area (Å²) in [5.41, 5.74) is 0. The van der Waals surface area contributed by atoms with Crippen LogP contribution in [0.4, 0.5) is 5.82 Å². The first kappa shape index (κ1) is 10.6. The monoisotopic (exact) mass is 211 g/mol. The van der Waals surface area contributed by atoms with Gasteiger partial charge in [-0.3, -0.25) is 14.6 Å². The number of hydrogen-bond acceptors (Lipinski definition) is 5. The Balaban J connectivity index is 2.38. The minimum atomic E-state index is -0.259. The van der Waals surface area contributed by atoms with E-state index in [9.17, 15) is 9.59 Å². The lowest BCUT2D eigenvalue weighted by Crippen LogP contribution is -2.15. The normalized spacial score (nSPS) is 9.50. The first-order valence-electron chi connectivity index (χ1n) is 3.87. The van der Waals surface area contributed by atoms with Gasteiger partial charge in [0.1, 0.15) is 0 Å². The summed E-state index contributed by atoms with van der Waals surface area (Å²) in [4.78, 5) is 29.4. The number of carbonyl (C=O) groups excluding carboxylic acids is 2. The van der Waals surface area contributed by atoms with E-state index in [4.69, 9.17) is 0 Å². The Morgan fingerprint density at radius 2 is 2.29 bits per heavy atom. The Morgan fingerprint density at radius 3 is 2.86 bits per heavy atom. The highest BCUT2D eigenvalue weighted by molar-refractivity contribution is 8.14. The van der Waals surface area contributed by atoms with Crippen molar-refractivity contribution in [2.24, 2.45) is 0 Å². The maximum Gasteiger partial charge on any atom is 0.236 e. The summed E-state index contributed by atoms with van der Waals surface area (Å²) in [7, 11) is 0. The Hall–Kier alpha value is -1.43. The number of nitrogens with one attached hydrogen (secondary N) is 1. The molecular formula is C8H9N3O2S. The zero-order chi connectivity index (χ0) is 10.4. The van der Waals surface area contributed by atoms with Crippen LogP contribution in [0, 0.1) is 0 Å². The van der Waals surface area contributed by atoms with Crippen LogP contribution in [0.1, 0.15) is 6.92 Å². The molecule has 5 nitrogen and oxygen atoms in total. The van der Waals surface area contributed by atoms with Crippen LogP contribution in [0.5, 0.6) is 0 Å². The number of hydrogen-bond donors (Lipinski definition) is 1. The summed E-state index contributed by atoms with van der Waals surface area (Å²) in [5.74, 6) is 0.235. The van der Waals surface area contributed by atoms with E-state index in [1.54, 1.807) is 0 Å². The lowest BCUT2D eigenvalue weighted by molar-refractivity contribution is -0.114. The number of anilines is 1. The fraction of sp³-hybridized carbons (Fsp3) is 0.250. The Kier molecular flexibility index (Phi) is 4.06. The maximum atomic E-state index is 11.2. The minimum Gasteiger partial charge on any atom is -0.309 e. The molecule has 0 aromatic carbocycles. The highest BCUT2D eigenvalue weighted by Gasteiger charge is 2.04. The van der Waals surface area contributed by atoms with E-state index < -0.39 is 0 Å². The van der Waals surface area contributed by atoms with E-state index in [-0.39, 0.29) is 16.8 Å². The Bertz CT molecular complexity index is 329. The van der Waals surface area contributed by atoms with Crippen LogP contribution < -0.4 is 5.32 Å². The zero-order valence-electron chi connectivity index (χ0n) is 7.56. The molecule has 0 fully saturated rings. The molecule has 0 aliphatic rings. The molecule has 0 atom stereocenters. The second-order valence-corrected chi connectivity index (χ2v) is 3.57. The Morgan fingerprint density at radius 1 is 1.50 bits per heavy atom. The van der Waals surface area contributed by atoms with Crippen molar-refractivity contribution in [2.45, 2.75) is 6.92 Å².